The van der Waals surface area contributed by atoms with Gasteiger partial charge in [0.05, 0.1) is 6.61 Å². The molecule has 2 rings (SSSR count). The van der Waals surface area contributed by atoms with Crippen LogP contribution in [0.3, 0.4) is 0 Å². The minimum absolute atomic E-state index is 0.539. The smallest absolute Gasteiger partial charge is 0.0589 e. The maximum atomic E-state index is 5.10. The molecule has 1 aliphatic carbocycles. The van der Waals surface area contributed by atoms with Crippen LogP contribution in [-0.2, 0) is 4.74 Å². The molecule has 1 N–H and O–H groups in total. The summed E-state index contributed by atoms with van der Waals surface area (Å²) in [7, 11) is 3.90. The second kappa shape index (κ2) is 7.63. The molecule has 1 atom stereocenters. The van der Waals surface area contributed by atoms with E-state index in [0.29, 0.717) is 6.04 Å². The molecular formula is C16H26N2O. The van der Waals surface area contributed by atoms with E-state index in [-0.39, 0.29) is 0 Å². The fourth-order valence-electron chi connectivity index (χ4n) is 2.42. The Morgan fingerprint density at radius 3 is 2.63 bits per heavy atom. The lowest BCUT2D eigenvalue weighted by atomic mass is 10.0. The monoisotopic (exact) mass is 262 g/mol. The minimum Gasteiger partial charge on any atom is -0.383 e. The Hall–Kier alpha value is -0.900. The molecule has 0 bridgehead atoms. The molecule has 19 heavy (non-hydrogen) atoms. The number of methoxy groups -OCH3 is 1. The maximum Gasteiger partial charge on any atom is 0.0589 e. The van der Waals surface area contributed by atoms with E-state index in [1.807, 2.05) is 0 Å². The molecule has 106 valence electrons. The van der Waals surface area contributed by atoms with Gasteiger partial charge >= 0.3 is 0 Å². The minimum atomic E-state index is 0.539. The summed E-state index contributed by atoms with van der Waals surface area (Å²) in [4.78, 5) is 2.31. The molecule has 0 saturated heterocycles. The van der Waals surface area contributed by atoms with Gasteiger partial charge in [-0.3, -0.25) is 0 Å². The van der Waals surface area contributed by atoms with Crippen molar-refractivity contribution in [3.8, 4) is 0 Å². The third-order valence-electron chi connectivity index (χ3n) is 3.79. The van der Waals surface area contributed by atoms with Crippen molar-refractivity contribution in [2.75, 3.05) is 40.4 Å². The molecule has 0 aliphatic heterocycles. The highest BCUT2D eigenvalue weighted by molar-refractivity contribution is 5.21. The van der Waals surface area contributed by atoms with Gasteiger partial charge in [-0.05, 0) is 31.4 Å². The van der Waals surface area contributed by atoms with Gasteiger partial charge in [-0.1, -0.05) is 30.3 Å². The second-order valence-corrected chi connectivity index (χ2v) is 5.48. The zero-order valence-electron chi connectivity index (χ0n) is 12.1. The first-order valence-corrected chi connectivity index (χ1v) is 7.27. The molecule has 1 unspecified atom stereocenters. The normalized spacial score (nSPS) is 16.8. The summed E-state index contributed by atoms with van der Waals surface area (Å²) in [5, 5.41) is 3.72. The van der Waals surface area contributed by atoms with E-state index in [4.69, 9.17) is 4.74 Å². The van der Waals surface area contributed by atoms with Gasteiger partial charge in [-0.15, -0.1) is 0 Å². The molecule has 1 aliphatic rings. The van der Waals surface area contributed by atoms with Crippen LogP contribution in [0.25, 0.3) is 0 Å². The lowest BCUT2D eigenvalue weighted by molar-refractivity contribution is 0.161. The quantitative estimate of drug-likeness (QED) is 0.739. The number of hydrogen-bond donors (Lipinski definition) is 1. The van der Waals surface area contributed by atoms with Crippen LogP contribution in [-0.4, -0.2) is 45.3 Å². The van der Waals surface area contributed by atoms with Crippen LogP contribution in [0.5, 0.6) is 0 Å². The van der Waals surface area contributed by atoms with Gasteiger partial charge in [0.15, 0.2) is 0 Å². The van der Waals surface area contributed by atoms with Crippen LogP contribution in [0.2, 0.25) is 0 Å². The summed E-state index contributed by atoms with van der Waals surface area (Å²) < 4.78 is 5.10. The molecule has 0 spiro atoms. The van der Waals surface area contributed by atoms with E-state index in [0.717, 1.165) is 32.2 Å². The summed E-state index contributed by atoms with van der Waals surface area (Å²) in [5.74, 6) is 0.840. The van der Waals surface area contributed by atoms with Gasteiger partial charge in [-0.2, -0.15) is 0 Å². The first kappa shape index (κ1) is 14.5. The first-order valence-electron chi connectivity index (χ1n) is 7.27. The largest absolute Gasteiger partial charge is 0.383 e. The molecular weight excluding hydrogens is 236 g/mol. The number of hydrogen-bond acceptors (Lipinski definition) is 3. The van der Waals surface area contributed by atoms with Crippen molar-refractivity contribution in [1.82, 2.24) is 10.2 Å². The maximum absolute atomic E-state index is 5.10. The third-order valence-corrected chi connectivity index (χ3v) is 3.79. The number of nitrogens with zero attached hydrogens (tertiary/aromatic N) is 1. The molecule has 0 radical (unpaired) electrons. The number of nitrogens with one attached hydrogen (secondary N) is 1. The lowest BCUT2D eigenvalue weighted by Crippen LogP contribution is -2.33. The molecule has 0 heterocycles. The highest BCUT2D eigenvalue weighted by Crippen LogP contribution is 2.40. The standard InChI is InChI=1S/C16H26N2O/c1-18(12-13-19-2)11-10-17-16(15-8-9-15)14-6-4-3-5-7-14/h3-7,15-17H,8-13H2,1-2H3. The van der Waals surface area contributed by atoms with E-state index >= 15 is 0 Å². The molecule has 0 amide bonds. The Balaban J connectivity index is 1.76. The van der Waals surface area contributed by atoms with Gasteiger partial charge in [-0.25, -0.2) is 0 Å². The fraction of sp³-hybridized carbons (Fsp3) is 0.625. The van der Waals surface area contributed by atoms with Crippen LogP contribution < -0.4 is 5.32 Å². The molecule has 3 heteroatoms. The van der Waals surface area contributed by atoms with Gasteiger partial charge < -0.3 is 15.0 Å². The predicted octanol–water partition coefficient (Wildman–Crippen LogP) is 2.31. The fourth-order valence-corrected chi connectivity index (χ4v) is 2.42. The molecule has 1 aromatic rings. The SMILES string of the molecule is COCCN(C)CCNC(c1ccccc1)C1CC1. The molecule has 0 aromatic heterocycles. The van der Waals surface area contributed by atoms with Gasteiger partial charge in [0, 0.05) is 32.8 Å². The van der Waals surface area contributed by atoms with Crippen molar-refractivity contribution in [2.45, 2.75) is 18.9 Å². The number of benzene rings is 1. The Kier molecular flexibility index (Phi) is 5.83. The van der Waals surface area contributed by atoms with Crippen LogP contribution in [0.15, 0.2) is 30.3 Å². The summed E-state index contributed by atoms with van der Waals surface area (Å²) >= 11 is 0. The van der Waals surface area contributed by atoms with Crippen molar-refractivity contribution < 1.29 is 4.74 Å². The van der Waals surface area contributed by atoms with Gasteiger partial charge in [0.25, 0.3) is 0 Å². The van der Waals surface area contributed by atoms with E-state index in [2.05, 4.69) is 47.6 Å². The average molecular weight is 262 g/mol. The summed E-state index contributed by atoms with van der Waals surface area (Å²) in [5.41, 5.74) is 1.43. The van der Waals surface area contributed by atoms with E-state index in [1.54, 1.807) is 7.11 Å². The van der Waals surface area contributed by atoms with Gasteiger partial charge in [0.2, 0.25) is 0 Å². The number of rotatable bonds is 9. The Morgan fingerprint density at radius 1 is 1.26 bits per heavy atom. The van der Waals surface area contributed by atoms with Crippen LogP contribution in [0, 0.1) is 5.92 Å². The zero-order chi connectivity index (χ0) is 13.5. The van der Waals surface area contributed by atoms with Crippen molar-refractivity contribution in [3.63, 3.8) is 0 Å². The van der Waals surface area contributed by atoms with Crippen molar-refractivity contribution in [3.05, 3.63) is 35.9 Å². The third kappa shape index (κ3) is 4.94. The number of likely N-dealkylation sites (N-methyl/N-ethyl adjacent to an activating group) is 1. The topological polar surface area (TPSA) is 24.5 Å². The summed E-state index contributed by atoms with van der Waals surface area (Å²) in [6.07, 6.45) is 2.73. The highest BCUT2D eigenvalue weighted by Gasteiger charge is 2.31. The number of ether oxygens (including phenoxy) is 1. The van der Waals surface area contributed by atoms with E-state index in [9.17, 15) is 0 Å². The van der Waals surface area contributed by atoms with E-state index in [1.165, 1.54) is 18.4 Å². The van der Waals surface area contributed by atoms with Gasteiger partial charge in [0.1, 0.15) is 0 Å². The lowest BCUT2D eigenvalue weighted by Gasteiger charge is -2.21. The summed E-state index contributed by atoms with van der Waals surface area (Å²) in [6.45, 7) is 3.91. The summed E-state index contributed by atoms with van der Waals surface area (Å²) in [6, 6.07) is 11.4. The van der Waals surface area contributed by atoms with Crippen LogP contribution >= 0.6 is 0 Å². The molecule has 1 aromatic carbocycles. The van der Waals surface area contributed by atoms with Crippen LogP contribution in [0.4, 0.5) is 0 Å². The zero-order valence-corrected chi connectivity index (χ0v) is 12.1. The van der Waals surface area contributed by atoms with Crippen molar-refractivity contribution in [1.29, 1.82) is 0 Å². The average Bonchev–Trinajstić information content (AvgIpc) is 3.27. The first-order chi connectivity index (χ1) is 9.31. The Bertz CT molecular complexity index is 351. The van der Waals surface area contributed by atoms with E-state index < -0.39 is 0 Å². The Morgan fingerprint density at radius 2 is 2.00 bits per heavy atom. The predicted molar refractivity (Wildman–Crippen MR) is 79.3 cm³/mol. The molecule has 3 nitrogen and oxygen atoms in total. The molecule has 1 saturated carbocycles. The second-order valence-electron chi connectivity index (χ2n) is 5.48. The molecule has 1 fully saturated rings. The van der Waals surface area contributed by atoms with Crippen molar-refractivity contribution >= 4 is 0 Å². The Labute approximate surface area is 116 Å². The van der Waals surface area contributed by atoms with Crippen molar-refractivity contribution in [2.24, 2.45) is 5.92 Å². The highest BCUT2D eigenvalue weighted by atomic mass is 16.5. The van der Waals surface area contributed by atoms with Crippen LogP contribution in [0.1, 0.15) is 24.4 Å².